The summed E-state index contributed by atoms with van der Waals surface area (Å²) < 4.78 is 11.2. The van der Waals surface area contributed by atoms with E-state index < -0.39 is 12.2 Å². The number of carbonyl (C=O) groups excluding carboxylic acids is 2. The van der Waals surface area contributed by atoms with Crippen molar-refractivity contribution >= 4 is 17.7 Å². The molecule has 8 heteroatoms. The predicted molar refractivity (Wildman–Crippen MR) is 84.7 cm³/mol. The number of aromatic nitrogens is 2. The van der Waals surface area contributed by atoms with Crippen LogP contribution in [0.4, 0.5) is 10.5 Å². The van der Waals surface area contributed by atoms with Crippen LogP contribution in [-0.2, 0) is 9.53 Å². The van der Waals surface area contributed by atoms with Crippen molar-refractivity contribution in [2.45, 2.75) is 19.1 Å². The monoisotopic (exact) mass is 328 g/mol. The Morgan fingerprint density at radius 2 is 2.33 bits per heavy atom. The van der Waals surface area contributed by atoms with E-state index in [-0.39, 0.29) is 18.5 Å². The summed E-state index contributed by atoms with van der Waals surface area (Å²) in [6.07, 6.45) is 2.67. The lowest BCUT2D eigenvalue weighted by Crippen LogP contribution is -2.47. The van der Waals surface area contributed by atoms with Gasteiger partial charge in [-0.25, -0.2) is 4.79 Å². The van der Waals surface area contributed by atoms with Crippen molar-refractivity contribution in [1.29, 1.82) is 0 Å². The van der Waals surface area contributed by atoms with Gasteiger partial charge < -0.3 is 14.8 Å². The van der Waals surface area contributed by atoms with Crippen LogP contribution >= 0.6 is 0 Å². The van der Waals surface area contributed by atoms with E-state index in [9.17, 15) is 9.59 Å². The maximum atomic E-state index is 12.3. The van der Waals surface area contributed by atoms with Crippen molar-refractivity contribution in [3.63, 3.8) is 0 Å². The SMILES string of the molecule is CC(=O)NC[C@@H]1OC(=O)N2c3ccc(-c4cn[nH]c4)cc3OC[C@@H]12. The van der Waals surface area contributed by atoms with E-state index in [1.165, 1.54) is 6.92 Å². The Balaban J connectivity index is 1.62. The van der Waals surface area contributed by atoms with Gasteiger partial charge >= 0.3 is 6.09 Å². The molecule has 0 aliphatic carbocycles. The van der Waals surface area contributed by atoms with Crippen molar-refractivity contribution in [2.75, 3.05) is 18.1 Å². The minimum absolute atomic E-state index is 0.161. The largest absolute Gasteiger partial charge is 0.489 e. The van der Waals surface area contributed by atoms with E-state index in [1.807, 2.05) is 18.2 Å². The number of nitrogens with one attached hydrogen (secondary N) is 2. The third kappa shape index (κ3) is 2.36. The molecule has 24 heavy (non-hydrogen) atoms. The van der Waals surface area contributed by atoms with Crippen LogP contribution in [0.5, 0.6) is 5.75 Å². The fraction of sp³-hybridized carbons (Fsp3) is 0.312. The van der Waals surface area contributed by atoms with E-state index in [2.05, 4.69) is 15.5 Å². The highest BCUT2D eigenvalue weighted by atomic mass is 16.6. The smallest absolute Gasteiger partial charge is 0.415 e. The zero-order chi connectivity index (χ0) is 16.7. The second-order valence-corrected chi connectivity index (χ2v) is 5.78. The van der Waals surface area contributed by atoms with Crippen LogP contribution in [0.1, 0.15) is 6.92 Å². The van der Waals surface area contributed by atoms with Gasteiger partial charge in [-0.3, -0.25) is 14.8 Å². The Hall–Kier alpha value is -3.03. The summed E-state index contributed by atoms with van der Waals surface area (Å²) >= 11 is 0. The topological polar surface area (TPSA) is 96.5 Å². The highest BCUT2D eigenvalue weighted by Crippen LogP contribution is 2.40. The molecule has 4 rings (SSSR count). The highest BCUT2D eigenvalue weighted by molar-refractivity contribution is 5.94. The lowest BCUT2D eigenvalue weighted by Gasteiger charge is -2.31. The number of amides is 2. The van der Waals surface area contributed by atoms with E-state index in [0.717, 1.165) is 11.1 Å². The maximum Gasteiger partial charge on any atom is 0.415 e. The lowest BCUT2D eigenvalue weighted by molar-refractivity contribution is -0.119. The fourth-order valence-electron chi connectivity index (χ4n) is 3.04. The molecule has 2 aliphatic heterocycles. The number of H-pyrrole nitrogens is 1. The number of hydrogen-bond acceptors (Lipinski definition) is 5. The summed E-state index contributed by atoms with van der Waals surface area (Å²) in [5.74, 6) is 0.466. The third-order valence-electron chi connectivity index (χ3n) is 4.22. The van der Waals surface area contributed by atoms with E-state index >= 15 is 0 Å². The van der Waals surface area contributed by atoms with Crippen LogP contribution in [0, 0.1) is 0 Å². The molecule has 0 unspecified atom stereocenters. The van der Waals surface area contributed by atoms with Crippen molar-refractivity contribution in [1.82, 2.24) is 15.5 Å². The van der Waals surface area contributed by atoms with Gasteiger partial charge in [-0.05, 0) is 17.7 Å². The quantitative estimate of drug-likeness (QED) is 0.885. The van der Waals surface area contributed by atoms with Crippen LogP contribution in [-0.4, -0.2) is 47.5 Å². The van der Waals surface area contributed by atoms with Crippen molar-refractivity contribution in [2.24, 2.45) is 0 Å². The van der Waals surface area contributed by atoms with Crippen molar-refractivity contribution in [3.05, 3.63) is 30.6 Å². The normalized spacial score (nSPS) is 21.5. The van der Waals surface area contributed by atoms with Gasteiger partial charge in [0.15, 0.2) is 0 Å². The second-order valence-electron chi connectivity index (χ2n) is 5.78. The summed E-state index contributed by atoms with van der Waals surface area (Å²) in [6.45, 7) is 2.02. The predicted octanol–water partition coefficient (Wildman–Crippen LogP) is 1.30. The number of carbonyl (C=O) groups is 2. The number of cyclic esters (lactones) is 1. The van der Waals surface area contributed by atoms with Gasteiger partial charge in [-0.15, -0.1) is 0 Å². The molecule has 1 saturated heterocycles. The average Bonchev–Trinajstić information content (AvgIpc) is 3.21. The molecule has 3 heterocycles. The number of fused-ring (bicyclic) bond motifs is 3. The summed E-state index contributed by atoms with van der Waals surface area (Å²) in [6, 6.07) is 5.37. The second kappa shape index (κ2) is 5.55. The Morgan fingerprint density at radius 3 is 3.08 bits per heavy atom. The molecule has 0 saturated carbocycles. The molecule has 1 fully saturated rings. The van der Waals surface area contributed by atoms with Crippen molar-refractivity contribution in [3.8, 4) is 16.9 Å². The molecule has 2 aliphatic rings. The Labute approximate surface area is 137 Å². The number of anilines is 1. The minimum Gasteiger partial charge on any atom is -0.489 e. The van der Waals surface area contributed by atoms with E-state index in [0.29, 0.717) is 18.0 Å². The maximum absolute atomic E-state index is 12.3. The van der Waals surface area contributed by atoms with Gasteiger partial charge in [0.25, 0.3) is 0 Å². The molecule has 2 amide bonds. The zero-order valence-electron chi connectivity index (χ0n) is 13.0. The van der Waals surface area contributed by atoms with Gasteiger partial charge in [0.2, 0.25) is 5.91 Å². The molecular formula is C16H16N4O4. The van der Waals surface area contributed by atoms with Gasteiger partial charge in [-0.1, -0.05) is 6.07 Å². The van der Waals surface area contributed by atoms with Gasteiger partial charge in [0, 0.05) is 18.7 Å². The highest BCUT2D eigenvalue weighted by Gasteiger charge is 2.46. The number of aromatic amines is 1. The summed E-state index contributed by atoms with van der Waals surface area (Å²) in [4.78, 5) is 24.9. The first-order chi connectivity index (χ1) is 11.6. The summed E-state index contributed by atoms with van der Waals surface area (Å²) in [5, 5.41) is 9.39. The number of hydrogen-bond donors (Lipinski definition) is 2. The minimum atomic E-state index is -0.428. The Morgan fingerprint density at radius 1 is 1.46 bits per heavy atom. The Bertz CT molecular complexity index is 789. The van der Waals surface area contributed by atoms with E-state index in [4.69, 9.17) is 9.47 Å². The molecule has 1 aromatic heterocycles. The average molecular weight is 328 g/mol. The number of ether oxygens (including phenoxy) is 2. The van der Waals surface area contributed by atoms with E-state index in [1.54, 1.807) is 17.3 Å². The van der Waals surface area contributed by atoms with Crippen LogP contribution < -0.4 is 15.0 Å². The third-order valence-corrected chi connectivity index (χ3v) is 4.22. The number of rotatable bonds is 3. The van der Waals surface area contributed by atoms with Crippen LogP contribution in [0.15, 0.2) is 30.6 Å². The molecule has 2 N–H and O–H groups in total. The first-order valence-electron chi connectivity index (χ1n) is 7.64. The molecule has 8 nitrogen and oxygen atoms in total. The van der Waals surface area contributed by atoms with Gasteiger partial charge in [0.05, 0.1) is 18.4 Å². The fourth-order valence-corrected chi connectivity index (χ4v) is 3.04. The molecule has 1 aromatic carbocycles. The lowest BCUT2D eigenvalue weighted by atomic mass is 10.0. The summed E-state index contributed by atoms with van der Waals surface area (Å²) in [7, 11) is 0. The van der Waals surface area contributed by atoms with Crippen LogP contribution in [0.2, 0.25) is 0 Å². The standard InChI is InChI=1S/C16H16N4O4/c1-9(21)17-7-15-13-8-23-14-4-10(11-5-18-19-6-11)2-3-12(14)20(13)16(22)24-15/h2-6,13,15H,7-8H2,1H3,(H,17,21)(H,18,19)/t13-,15-/m0/s1. The molecule has 2 aromatic rings. The molecular weight excluding hydrogens is 312 g/mol. The Kier molecular flexibility index (Phi) is 3.37. The molecule has 0 radical (unpaired) electrons. The van der Waals surface area contributed by atoms with Crippen LogP contribution in [0.3, 0.4) is 0 Å². The van der Waals surface area contributed by atoms with Gasteiger partial charge in [-0.2, -0.15) is 5.10 Å². The molecule has 0 bridgehead atoms. The number of nitrogens with zero attached hydrogens (tertiary/aromatic N) is 2. The molecule has 124 valence electrons. The zero-order valence-corrected chi connectivity index (χ0v) is 13.0. The summed E-state index contributed by atoms with van der Waals surface area (Å²) in [5.41, 5.74) is 2.56. The van der Waals surface area contributed by atoms with Crippen LogP contribution in [0.25, 0.3) is 11.1 Å². The van der Waals surface area contributed by atoms with Crippen molar-refractivity contribution < 1.29 is 19.1 Å². The molecule has 2 atom stereocenters. The van der Waals surface area contributed by atoms with Gasteiger partial charge in [0.1, 0.15) is 24.5 Å². The number of benzene rings is 1. The first-order valence-corrected chi connectivity index (χ1v) is 7.64. The molecule has 0 spiro atoms. The first kappa shape index (κ1) is 14.6.